The van der Waals surface area contributed by atoms with E-state index >= 15 is 0 Å². The van der Waals surface area contributed by atoms with Crippen LogP contribution in [0.2, 0.25) is 0 Å². The molecular weight excluding hydrogens is 404 g/mol. The molecule has 0 aromatic carbocycles. The van der Waals surface area contributed by atoms with Crippen molar-refractivity contribution in [1.82, 2.24) is 29.7 Å². The van der Waals surface area contributed by atoms with Crippen LogP contribution in [0.25, 0.3) is 11.2 Å². The van der Waals surface area contributed by atoms with Gasteiger partial charge in [-0.1, -0.05) is 13.8 Å². The van der Waals surface area contributed by atoms with Crippen LogP contribution in [-0.4, -0.2) is 62.5 Å². The summed E-state index contributed by atoms with van der Waals surface area (Å²) < 4.78 is 7.84. The molecule has 0 N–H and O–H groups in total. The maximum atomic E-state index is 6.03. The second kappa shape index (κ2) is 7.95. The van der Waals surface area contributed by atoms with Crippen molar-refractivity contribution in [2.45, 2.75) is 46.6 Å². The number of fused-ring (bicyclic) bond motifs is 1. The Hall–Kier alpha value is -2.81. The zero-order valence-corrected chi connectivity index (χ0v) is 19.7. The molecule has 0 spiro atoms. The highest BCUT2D eigenvalue weighted by atomic mass is 16.5. The van der Waals surface area contributed by atoms with Crippen LogP contribution in [0.1, 0.15) is 49.7 Å². The lowest BCUT2D eigenvalue weighted by atomic mass is 9.83. The predicted octanol–water partition coefficient (Wildman–Crippen LogP) is 2.97. The first-order valence-electron chi connectivity index (χ1n) is 11.4. The Morgan fingerprint density at radius 3 is 2.44 bits per heavy atom. The van der Waals surface area contributed by atoms with E-state index in [2.05, 4.69) is 28.7 Å². The fraction of sp³-hybridized carbons (Fsp3) is 0.609. The van der Waals surface area contributed by atoms with E-state index < -0.39 is 0 Å². The molecule has 2 aliphatic heterocycles. The number of aryl methyl sites for hydroxylation is 3. The molecule has 2 aliphatic rings. The van der Waals surface area contributed by atoms with E-state index in [1.165, 1.54) is 0 Å². The highest BCUT2D eigenvalue weighted by molar-refractivity contribution is 5.84. The largest absolute Gasteiger partial charge is 0.370 e. The maximum Gasteiger partial charge on any atom is 0.229 e. The fourth-order valence-electron chi connectivity index (χ4n) is 4.41. The predicted molar refractivity (Wildman–Crippen MR) is 124 cm³/mol. The van der Waals surface area contributed by atoms with Gasteiger partial charge in [0.1, 0.15) is 6.10 Å². The number of ether oxygens (including phenoxy) is 1. The third kappa shape index (κ3) is 4.01. The normalized spacial score (nSPS) is 21.3. The van der Waals surface area contributed by atoms with Crippen molar-refractivity contribution in [2.24, 2.45) is 12.5 Å². The summed E-state index contributed by atoms with van der Waals surface area (Å²) in [6.07, 6.45) is 6.09. The Kier molecular flexibility index (Phi) is 5.23. The van der Waals surface area contributed by atoms with Gasteiger partial charge in [0.05, 0.1) is 30.7 Å². The van der Waals surface area contributed by atoms with Gasteiger partial charge in [-0.25, -0.2) is 9.97 Å². The summed E-state index contributed by atoms with van der Waals surface area (Å²) >= 11 is 0. The van der Waals surface area contributed by atoms with Crippen LogP contribution in [0.5, 0.6) is 0 Å². The molecule has 32 heavy (non-hydrogen) atoms. The van der Waals surface area contributed by atoms with Crippen LogP contribution in [0.15, 0.2) is 12.4 Å². The van der Waals surface area contributed by atoms with Gasteiger partial charge in [-0.3, -0.25) is 4.68 Å². The number of piperidine rings is 1. The van der Waals surface area contributed by atoms with Crippen molar-refractivity contribution in [3.63, 3.8) is 0 Å². The molecule has 2 fully saturated rings. The van der Waals surface area contributed by atoms with Gasteiger partial charge in [-0.2, -0.15) is 15.1 Å². The van der Waals surface area contributed by atoms with Crippen LogP contribution in [0.3, 0.4) is 0 Å². The Labute approximate surface area is 188 Å². The molecule has 3 aromatic rings. The third-order valence-corrected chi connectivity index (χ3v) is 6.77. The molecule has 0 saturated carbocycles. The molecule has 1 atom stereocenters. The number of hydrogen-bond acceptors (Lipinski definition) is 8. The monoisotopic (exact) mass is 436 g/mol. The Morgan fingerprint density at radius 2 is 1.72 bits per heavy atom. The molecule has 0 amide bonds. The van der Waals surface area contributed by atoms with Crippen LogP contribution in [0, 0.1) is 19.3 Å². The highest BCUT2D eigenvalue weighted by Crippen LogP contribution is 2.34. The van der Waals surface area contributed by atoms with Crippen molar-refractivity contribution < 1.29 is 4.74 Å². The topological polar surface area (TPSA) is 85.1 Å². The summed E-state index contributed by atoms with van der Waals surface area (Å²) in [4.78, 5) is 24.1. The van der Waals surface area contributed by atoms with Crippen LogP contribution < -0.4 is 9.80 Å². The van der Waals surface area contributed by atoms with Gasteiger partial charge in [-0.05, 0) is 32.1 Å². The van der Waals surface area contributed by atoms with Crippen LogP contribution in [-0.2, 0) is 11.8 Å². The first kappa shape index (κ1) is 21.1. The summed E-state index contributed by atoms with van der Waals surface area (Å²) in [6, 6.07) is 0. The lowest BCUT2D eigenvalue weighted by molar-refractivity contribution is 0.0392. The van der Waals surface area contributed by atoms with E-state index in [4.69, 9.17) is 24.7 Å². The van der Waals surface area contributed by atoms with Crippen molar-refractivity contribution >= 4 is 22.9 Å². The SMILES string of the molecule is Cc1nc2nc(N3CCOC(c4cnn(C)c4)C3)nc(N3CCC(C)(C)CC3)c2nc1C. The van der Waals surface area contributed by atoms with E-state index in [0.717, 1.165) is 60.8 Å². The lowest BCUT2D eigenvalue weighted by Crippen LogP contribution is -2.41. The molecule has 0 radical (unpaired) electrons. The van der Waals surface area contributed by atoms with Gasteiger partial charge in [-0.15, -0.1) is 0 Å². The van der Waals surface area contributed by atoms with Gasteiger partial charge in [0, 0.05) is 38.4 Å². The molecule has 5 heterocycles. The second-order valence-corrected chi connectivity index (χ2v) is 9.82. The van der Waals surface area contributed by atoms with Crippen LogP contribution in [0.4, 0.5) is 11.8 Å². The molecule has 9 nitrogen and oxygen atoms in total. The number of hydrogen-bond donors (Lipinski definition) is 0. The van der Waals surface area contributed by atoms with Gasteiger partial charge in [0.2, 0.25) is 5.95 Å². The van der Waals surface area contributed by atoms with Gasteiger partial charge in [0.15, 0.2) is 17.0 Å². The molecule has 9 heteroatoms. The molecule has 170 valence electrons. The van der Waals surface area contributed by atoms with E-state index in [1.54, 1.807) is 4.68 Å². The molecule has 0 bridgehead atoms. The van der Waals surface area contributed by atoms with Crippen molar-refractivity contribution in [2.75, 3.05) is 42.6 Å². The van der Waals surface area contributed by atoms with Crippen LogP contribution >= 0.6 is 0 Å². The quantitative estimate of drug-likeness (QED) is 0.620. The van der Waals surface area contributed by atoms with E-state index in [1.807, 2.05) is 33.3 Å². The fourth-order valence-corrected chi connectivity index (χ4v) is 4.41. The van der Waals surface area contributed by atoms with E-state index in [9.17, 15) is 0 Å². The van der Waals surface area contributed by atoms with Gasteiger partial charge >= 0.3 is 0 Å². The highest BCUT2D eigenvalue weighted by Gasteiger charge is 2.30. The maximum absolute atomic E-state index is 6.03. The molecule has 2 saturated heterocycles. The average molecular weight is 437 g/mol. The Bertz CT molecular complexity index is 1130. The standard InChI is InChI=1S/C23H32N8O/c1-15-16(2)26-20-19(25-15)21(30-8-6-23(3,4)7-9-30)28-22(27-20)31-10-11-32-18(14-31)17-12-24-29(5)13-17/h12-13,18H,6-11,14H2,1-5H3. The van der Waals surface area contributed by atoms with Gasteiger partial charge < -0.3 is 14.5 Å². The zero-order chi connectivity index (χ0) is 22.5. The number of nitrogens with zero attached hydrogens (tertiary/aromatic N) is 8. The summed E-state index contributed by atoms with van der Waals surface area (Å²) in [5.41, 5.74) is 4.74. The lowest BCUT2D eigenvalue weighted by Gasteiger charge is -2.38. The summed E-state index contributed by atoms with van der Waals surface area (Å²) in [5.74, 6) is 1.60. The first-order chi connectivity index (χ1) is 15.3. The number of aromatic nitrogens is 6. The van der Waals surface area contributed by atoms with Gasteiger partial charge in [0.25, 0.3) is 0 Å². The number of anilines is 2. The minimum absolute atomic E-state index is 0.0539. The van der Waals surface area contributed by atoms with E-state index in [-0.39, 0.29) is 6.10 Å². The zero-order valence-electron chi connectivity index (χ0n) is 19.7. The third-order valence-electron chi connectivity index (χ3n) is 6.77. The van der Waals surface area contributed by atoms with Crippen molar-refractivity contribution in [3.05, 3.63) is 29.3 Å². The smallest absolute Gasteiger partial charge is 0.229 e. The Morgan fingerprint density at radius 1 is 0.969 bits per heavy atom. The molecule has 0 aliphatic carbocycles. The number of rotatable bonds is 3. The molecular formula is C23H32N8O. The minimum Gasteiger partial charge on any atom is -0.370 e. The summed E-state index contributed by atoms with van der Waals surface area (Å²) in [6.45, 7) is 12.6. The summed E-state index contributed by atoms with van der Waals surface area (Å²) in [7, 11) is 1.92. The van der Waals surface area contributed by atoms with Crippen molar-refractivity contribution in [1.29, 1.82) is 0 Å². The first-order valence-corrected chi connectivity index (χ1v) is 11.4. The Balaban J connectivity index is 1.52. The van der Waals surface area contributed by atoms with E-state index in [0.29, 0.717) is 30.2 Å². The molecule has 3 aromatic heterocycles. The molecule has 1 unspecified atom stereocenters. The average Bonchev–Trinajstić information content (AvgIpc) is 3.21. The van der Waals surface area contributed by atoms with Crippen molar-refractivity contribution in [3.8, 4) is 0 Å². The minimum atomic E-state index is -0.0539. The summed E-state index contributed by atoms with van der Waals surface area (Å²) in [5, 5.41) is 4.30. The molecule has 5 rings (SSSR count). The second-order valence-electron chi connectivity index (χ2n) is 9.82. The number of morpholine rings is 1.